The Hall–Kier alpha value is -0.273. The molecule has 0 aliphatic carbocycles. The van der Waals surface area contributed by atoms with Crippen molar-refractivity contribution in [2.24, 2.45) is 5.73 Å². The van der Waals surface area contributed by atoms with Crippen LogP contribution >= 0.6 is 0 Å². The first kappa shape index (κ1) is 16.7. The molecule has 0 amide bonds. The van der Waals surface area contributed by atoms with E-state index >= 15 is 0 Å². The van der Waals surface area contributed by atoms with Crippen LogP contribution < -0.4 is 5.73 Å². The molecular formula is C11H25NO4Si. The molecule has 0 radical (unpaired) electrons. The predicted molar refractivity (Wildman–Crippen MR) is 69.2 cm³/mol. The van der Waals surface area contributed by atoms with E-state index in [-0.39, 0.29) is 18.9 Å². The van der Waals surface area contributed by atoms with Crippen molar-refractivity contribution in [3.8, 4) is 0 Å². The van der Waals surface area contributed by atoms with Gasteiger partial charge in [0.05, 0.1) is 6.54 Å². The highest BCUT2D eigenvalue weighted by molar-refractivity contribution is 6.66. The summed E-state index contributed by atoms with van der Waals surface area (Å²) in [5.74, 6) is -0.0698. The van der Waals surface area contributed by atoms with Gasteiger partial charge in [0, 0.05) is 19.8 Å². The van der Waals surface area contributed by atoms with Gasteiger partial charge in [-0.25, -0.2) is 0 Å². The summed E-state index contributed by atoms with van der Waals surface area (Å²) in [6.45, 7) is 8.06. The lowest BCUT2D eigenvalue weighted by molar-refractivity contribution is -0.122. The SMILES string of the molecule is CCO[Si](C)(CCCOCC(=O)CN)OCC. The van der Waals surface area contributed by atoms with E-state index in [1.54, 1.807) is 0 Å². The van der Waals surface area contributed by atoms with Crippen LogP contribution in [-0.2, 0) is 18.4 Å². The fourth-order valence-electron chi connectivity index (χ4n) is 1.54. The lowest BCUT2D eigenvalue weighted by Crippen LogP contribution is -2.38. The molecule has 0 bridgehead atoms. The van der Waals surface area contributed by atoms with Gasteiger partial charge < -0.3 is 19.3 Å². The van der Waals surface area contributed by atoms with Crippen molar-refractivity contribution in [3.63, 3.8) is 0 Å². The number of carbonyl (C=O) groups excluding carboxylic acids is 1. The van der Waals surface area contributed by atoms with Crippen molar-refractivity contribution < 1.29 is 18.4 Å². The summed E-state index contributed by atoms with van der Waals surface area (Å²) < 4.78 is 16.6. The molecule has 0 heterocycles. The first-order valence-electron chi connectivity index (χ1n) is 6.15. The zero-order valence-corrected chi connectivity index (χ0v) is 12.2. The molecule has 5 nitrogen and oxygen atoms in total. The Bertz CT molecular complexity index is 208. The van der Waals surface area contributed by atoms with E-state index in [1.807, 2.05) is 13.8 Å². The summed E-state index contributed by atoms with van der Waals surface area (Å²) in [5.41, 5.74) is 5.17. The first-order valence-corrected chi connectivity index (χ1v) is 8.67. The molecule has 0 saturated carbocycles. The Morgan fingerprint density at radius 3 is 2.29 bits per heavy atom. The van der Waals surface area contributed by atoms with Gasteiger partial charge in [-0.1, -0.05) is 0 Å². The Morgan fingerprint density at radius 2 is 1.82 bits per heavy atom. The Morgan fingerprint density at radius 1 is 1.24 bits per heavy atom. The average molecular weight is 263 g/mol. The summed E-state index contributed by atoms with van der Waals surface area (Å²) in [6, 6.07) is 0.880. The molecule has 2 N–H and O–H groups in total. The summed E-state index contributed by atoms with van der Waals surface area (Å²) in [7, 11) is -2.02. The largest absolute Gasteiger partial charge is 0.395 e. The van der Waals surface area contributed by atoms with Gasteiger partial charge in [-0.15, -0.1) is 0 Å². The Labute approximate surface area is 105 Å². The monoisotopic (exact) mass is 263 g/mol. The maximum atomic E-state index is 10.9. The molecule has 102 valence electrons. The van der Waals surface area contributed by atoms with Gasteiger partial charge in [0.2, 0.25) is 0 Å². The average Bonchev–Trinajstić information content (AvgIpc) is 2.29. The molecule has 0 atom stereocenters. The highest BCUT2D eigenvalue weighted by Gasteiger charge is 2.29. The number of ketones is 1. The molecule has 6 heteroatoms. The maximum absolute atomic E-state index is 10.9. The lowest BCUT2D eigenvalue weighted by atomic mass is 10.4. The van der Waals surface area contributed by atoms with Crippen LogP contribution in [0.1, 0.15) is 20.3 Å². The van der Waals surface area contributed by atoms with Crippen molar-refractivity contribution in [2.75, 3.05) is 33.0 Å². The van der Waals surface area contributed by atoms with Crippen molar-refractivity contribution in [1.82, 2.24) is 0 Å². The molecule has 0 rings (SSSR count). The van der Waals surface area contributed by atoms with Crippen LogP contribution in [0.3, 0.4) is 0 Å². The van der Waals surface area contributed by atoms with Gasteiger partial charge in [-0.05, 0) is 32.9 Å². The van der Waals surface area contributed by atoms with Crippen LogP contribution in [0.2, 0.25) is 12.6 Å². The summed E-state index contributed by atoms with van der Waals surface area (Å²) in [4.78, 5) is 10.9. The van der Waals surface area contributed by atoms with Gasteiger partial charge in [0.1, 0.15) is 6.61 Å². The number of nitrogens with two attached hydrogens (primary N) is 1. The van der Waals surface area contributed by atoms with Crippen LogP contribution in [-0.4, -0.2) is 47.3 Å². The molecule has 0 aliphatic heterocycles. The minimum atomic E-state index is -2.02. The lowest BCUT2D eigenvalue weighted by Gasteiger charge is -2.25. The van der Waals surface area contributed by atoms with Crippen molar-refractivity contribution in [3.05, 3.63) is 0 Å². The third kappa shape index (κ3) is 8.45. The zero-order valence-electron chi connectivity index (χ0n) is 11.2. The Kier molecular flexibility index (Phi) is 9.57. The van der Waals surface area contributed by atoms with E-state index in [1.165, 1.54) is 0 Å². The minimum absolute atomic E-state index is 0.0460. The van der Waals surface area contributed by atoms with Gasteiger partial charge in [0.15, 0.2) is 5.78 Å². The normalized spacial score (nSPS) is 11.8. The fourth-order valence-corrected chi connectivity index (χ4v) is 3.92. The molecule has 0 aliphatic rings. The van der Waals surface area contributed by atoms with Crippen LogP contribution in [0, 0.1) is 0 Å². The van der Waals surface area contributed by atoms with Crippen LogP contribution in [0.25, 0.3) is 0 Å². The van der Waals surface area contributed by atoms with E-state index in [0.717, 1.165) is 12.5 Å². The number of rotatable bonds is 11. The molecule has 0 aromatic heterocycles. The number of hydrogen-bond acceptors (Lipinski definition) is 5. The molecule has 0 aromatic carbocycles. The molecule has 0 fully saturated rings. The second kappa shape index (κ2) is 9.73. The van der Waals surface area contributed by atoms with Gasteiger partial charge >= 0.3 is 8.56 Å². The summed E-state index contributed by atoms with van der Waals surface area (Å²) in [6.07, 6.45) is 0.848. The van der Waals surface area contributed by atoms with Crippen molar-refractivity contribution in [1.29, 1.82) is 0 Å². The molecule has 0 spiro atoms. The number of carbonyl (C=O) groups is 1. The Balaban J connectivity index is 3.71. The number of ether oxygens (including phenoxy) is 1. The third-order valence-electron chi connectivity index (χ3n) is 2.31. The fraction of sp³-hybridized carbons (Fsp3) is 0.909. The van der Waals surface area contributed by atoms with E-state index in [9.17, 15) is 4.79 Å². The smallest absolute Gasteiger partial charge is 0.334 e. The topological polar surface area (TPSA) is 70.8 Å². The zero-order chi connectivity index (χ0) is 13.1. The molecule has 0 saturated heterocycles. The molecule has 0 unspecified atom stereocenters. The highest BCUT2D eigenvalue weighted by Crippen LogP contribution is 2.15. The minimum Gasteiger partial charge on any atom is -0.395 e. The second-order valence-electron chi connectivity index (χ2n) is 3.90. The quantitative estimate of drug-likeness (QED) is 0.446. The predicted octanol–water partition coefficient (Wildman–Crippen LogP) is 1.07. The van der Waals surface area contributed by atoms with Crippen LogP contribution in [0.15, 0.2) is 0 Å². The second-order valence-corrected chi connectivity index (χ2v) is 7.24. The van der Waals surface area contributed by atoms with E-state index in [2.05, 4.69) is 6.55 Å². The molecule has 0 aromatic rings. The summed E-state index contributed by atoms with van der Waals surface area (Å²) >= 11 is 0. The van der Waals surface area contributed by atoms with Crippen molar-refractivity contribution in [2.45, 2.75) is 32.9 Å². The molecule has 17 heavy (non-hydrogen) atoms. The number of Topliss-reactive ketones (excluding diaryl/α,β-unsaturated/α-hetero) is 1. The number of hydrogen-bond donors (Lipinski definition) is 1. The van der Waals surface area contributed by atoms with E-state index < -0.39 is 8.56 Å². The van der Waals surface area contributed by atoms with Gasteiger partial charge in [0.25, 0.3) is 0 Å². The highest BCUT2D eigenvalue weighted by atomic mass is 28.4. The third-order valence-corrected chi connectivity index (χ3v) is 5.37. The van der Waals surface area contributed by atoms with Crippen LogP contribution in [0.5, 0.6) is 0 Å². The van der Waals surface area contributed by atoms with Crippen molar-refractivity contribution >= 4 is 14.3 Å². The first-order chi connectivity index (χ1) is 8.08. The maximum Gasteiger partial charge on any atom is 0.334 e. The van der Waals surface area contributed by atoms with E-state index in [0.29, 0.717) is 19.8 Å². The van der Waals surface area contributed by atoms with E-state index in [4.69, 9.17) is 19.3 Å². The van der Waals surface area contributed by atoms with Crippen LogP contribution in [0.4, 0.5) is 0 Å². The summed E-state index contributed by atoms with van der Waals surface area (Å²) in [5, 5.41) is 0. The standard InChI is InChI=1S/C11H25NO4Si/c1-4-15-17(3,16-5-2)8-6-7-14-10-11(13)9-12/h4-10,12H2,1-3H3. The van der Waals surface area contributed by atoms with Gasteiger partial charge in [-0.2, -0.15) is 0 Å². The van der Waals surface area contributed by atoms with Gasteiger partial charge in [-0.3, -0.25) is 4.79 Å². The molecular weight excluding hydrogens is 238 g/mol.